The van der Waals surface area contributed by atoms with E-state index in [4.69, 9.17) is 0 Å². The smallest absolute Gasteiger partial charge is 0.276 e. The van der Waals surface area contributed by atoms with E-state index in [9.17, 15) is 9.18 Å². The molecule has 112 valence electrons. The first-order chi connectivity index (χ1) is 10.6. The highest BCUT2D eigenvalue weighted by Gasteiger charge is 2.18. The van der Waals surface area contributed by atoms with Crippen LogP contribution in [0.2, 0.25) is 0 Å². The van der Waals surface area contributed by atoms with E-state index in [0.29, 0.717) is 5.01 Å². The molecule has 2 aromatic heterocycles. The maximum absolute atomic E-state index is 13.5. The number of hydrogen-bond donors (Lipinski definition) is 1. The summed E-state index contributed by atoms with van der Waals surface area (Å²) in [4.78, 5) is 11.8. The molecule has 0 atom stereocenters. The Hall–Kier alpha value is -2.68. The lowest BCUT2D eigenvalue weighted by Crippen LogP contribution is -2.24. The average molecular weight is 318 g/mol. The Kier molecular flexibility index (Phi) is 3.88. The van der Waals surface area contributed by atoms with Crippen LogP contribution in [-0.2, 0) is 13.6 Å². The van der Waals surface area contributed by atoms with Gasteiger partial charge in [-0.2, -0.15) is 4.39 Å². The normalized spacial score (nSPS) is 10.6. The van der Waals surface area contributed by atoms with Crippen LogP contribution >= 0.6 is 11.3 Å². The van der Waals surface area contributed by atoms with Gasteiger partial charge in [-0.15, -0.1) is 15.3 Å². The molecule has 1 aromatic carbocycles. The van der Waals surface area contributed by atoms with E-state index in [0.717, 1.165) is 15.3 Å². The number of nitrogens with one attached hydrogen (secondary N) is 1. The number of aryl methyl sites for hydroxylation is 1. The van der Waals surface area contributed by atoms with Crippen molar-refractivity contribution >= 4 is 17.2 Å². The largest absolute Gasteiger partial charge is 0.344 e. The van der Waals surface area contributed by atoms with Gasteiger partial charge in [-0.25, -0.2) is 4.68 Å². The molecule has 3 aromatic rings. The highest BCUT2D eigenvalue weighted by Crippen LogP contribution is 2.22. The Morgan fingerprint density at radius 2 is 2.05 bits per heavy atom. The standard InChI is InChI=1S/C13H11FN6OS/c1-20-11(14)10(17-19-20)12(21)15-7-9-16-18-13(22-9)8-5-3-2-4-6-8/h2-6H,7H2,1H3,(H,15,21). The lowest BCUT2D eigenvalue weighted by Gasteiger charge is -1.99. The van der Waals surface area contributed by atoms with Gasteiger partial charge in [-0.1, -0.05) is 46.9 Å². The summed E-state index contributed by atoms with van der Waals surface area (Å²) in [6, 6.07) is 9.60. The molecule has 3 rings (SSSR count). The topological polar surface area (TPSA) is 85.6 Å². The van der Waals surface area contributed by atoms with Crippen LogP contribution in [0, 0.1) is 5.95 Å². The lowest BCUT2D eigenvalue weighted by molar-refractivity contribution is 0.0941. The molecule has 7 nitrogen and oxygen atoms in total. The van der Waals surface area contributed by atoms with Crippen LogP contribution in [0.5, 0.6) is 0 Å². The van der Waals surface area contributed by atoms with Crippen molar-refractivity contribution in [3.63, 3.8) is 0 Å². The monoisotopic (exact) mass is 318 g/mol. The molecular formula is C13H11FN6OS. The summed E-state index contributed by atoms with van der Waals surface area (Å²) >= 11 is 1.36. The number of amides is 1. The molecule has 0 unspecified atom stereocenters. The summed E-state index contributed by atoms with van der Waals surface area (Å²) in [6.07, 6.45) is 0. The lowest BCUT2D eigenvalue weighted by atomic mass is 10.2. The fourth-order valence-electron chi connectivity index (χ4n) is 1.75. The van der Waals surface area contributed by atoms with Gasteiger partial charge in [0.1, 0.15) is 10.0 Å². The summed E-state index contributed by atoms with van der Waals surface area (Å²) in [5, 5.41) is 18.9. The van der Waals surface area contributed by atoms with Crippen LogP contribution in [0.3, 0.4) is 0 Å². The van der Waals surface area contributed by atoms with Crippen molar-refractivity contribution < 1.29 is 9.18 Å². The second-order valence-electron chi connectivity index (χ2n) is 4.40. The zero-order chi connectivity index (χ0) is 15.5. The number of carbonyl (C=O) groups is 1. The Morgan fingerprint density at radius 3 is 2.73 bits per heavy atom. The van der Waals surface area contributed by atoms with Crippen LogP contribution < -0.4 is 5.32 Å². The number of hydrogen-bond acceptors (Lipinski definition) is 6. The first kappa shape index (κ1) is 14.3. The van der Waals surface area contributed by atoms with Crippen LogP contribution in [0.4, 0.5) is 4.39 Å². The van der Waals surface area contributed by atoms with E-state index in [1.54, 1.807) is 0 Å². The van der Waals surface area contributed by atoms with Gasteiger partial charge < -0.3 is 5.32 Å². The Morgan fingerprint density at radius 1 is 1.27 bits per heavy atom. The van der Waals surface area contributed by atoms with E-state index >= 15 is 0 Å². The highest BCUT2D eigenvalue weighted by molar-refractivity contribution is 7.14. The second-order valence-corrected chi connectivity index (χ2v) is 5.46. The van der Waals surface area contributed by atoms with Crippen molar-refractivity contribution in [2.24, 2.45) is 7.05 Å². The fourth-order valence-corrected chi connectivity index (χ4v) is 2.53. The third-order valence-corrected chi connectivity index (χ3v) is 3.83. The predicted molar refractivity (Wildman–Crippen MR) is 77.5 cm³/mol. The molecule has 2 heterocycles. The molecule has 1 N–H and O–H groups in total. The number of aromatic nitrogens is 5. The molecule has 0 aliphatic rings. The minimum absolute atomic E-state index is 0.152. The van der Waals surface area contributed by atoms with Crippen LogP contribution in [0.15, 0.2) is 30.3 Å². The van der Waals surface area contributed by atoms with Gasteiger partial charge in [-0.3, -0.25) is 4.79 Å². The molecule has 0 fully saturated rings. The summed E-state index contributed by atoms with van der Waals surface area (Å²) < 4.78 is 14.4. The maximum Gasteiger partial charge on any atom is 0.276 e. The molecule has 0 aliphatic heterocycles. The van der Waals surface area contributed by atoms with Crippen molar-refractivity contribution in [3.8, 4) is 10.6 Å². The zero-order valence-corrected chi connectivity index (χ0v) is 12.3. The highest BCUT2D eigenvalue weighted by atomic mass is 32.1. The summed E-state index contributed by atoms with van der Waals surface area (Å²) in [7, 11) is 1.37. The van der Waals surface area contributed by atoms with Crippen molar-refractivity contribution in [1.29, 1.82) is 0 Å². The SMILES string of the molecule is Cn1nnc(C(=O)NCc2nnc(-c3ccccc3)s2)c1F. The van der Waals surface area contributed by atoms with Gasteiger partial charge in [-0.05, 0) is 0 Å². The molecule has 0 saturated heterocycles. The fraction of sp³-hybridized carbons (Fsp3) is 0.154. The number of rotatable bonds is 4. The van der Waals surface area contributed by atoms with Gasteiger partial charge >= 0.3 is 0 Å². The molecule has 1 amide bonds. The van der Waals surface area contributed by atoms with Gasteiger partial charge in [0, 0.05) is 12.6 Å². The van der Waals surface area contributed by atoms with Crippen LogP contribution in [-0.4, -0.2) is 31.1 Å². The van der Waals surface area contributed by atoms with E-state index in [1.165, 1.54) is 18.4 Å². The van der Waals surface area contributed by atoms with E-state index in [2.05, 4.69) is 25.8 Å². The van der Waals surface area contributed by atoms with E-state index < -0.39 is 11.9 Å². The van der Waals surface area contributed by atoms with Crippen molar-refractivity contribution in [2.45, 2.75) is 6.54 Å². The molecule has 0 bridgehead atoms. The minimum Gasteiger partial charge on any atom is -0.344 e. The molecule has 0 aliphatic carbocycles. The summed E-state index contributed by atoms with van der Waals surface area (Å²) in [5.41, 5.74) is 0.618. The third-order valence-electron chi connectivity index (χ3n) is 2.86. The Balaban J connectivity index is 1.66. The first-order valence-corrected chi connectivity index (χ1v) is 7.18. The summed E-state index contributed by atoms with van der Waals surface area (Å²) in [5.74, 6) is -1.42. The Labute approximate surface area is 128 Å². The number of benzene rings is 1. The summed E-state index contributed by atoms with van der Waals surface area (Å²) in [6.45, 7) is 0.152. The number of halogens is 1. The first-order valence-electron chi connectivity index (χ1n) is 6.36. The van der Waals surface area contributed by atoms with Crippen molar-refractivity contribution in [1.82, 2.24) is 30.5 Å². The van der Waals surface area contributed by atoms with E-state index in [-0.39, 0.29) is 12.2 Å². The number of nitrogens with zero attached hydrogens (tertiary/aromatic N) is 5. The van der Waals surface area contributed by atoms with Crippen LogP contribution in [0.25, 0.3) is 10.6 Å². The predicted octanol–water partition coefficient (Wildman–Crippen LogP) is 1.40. The molecule has 9 heteroatoms. The number of carbonyl (C=O) groups excluding carboxylic acids is 1. The molecular weight excluding hydrogens is 307 g/mol. The van der Waals surface area contributed by atoms with Gasteiger partial charge in [0.2, 0.25) is 11.6 Å². The molecule has 0 spiro atoms. The maximum atomic E-state index is 13.5. The average Bonchev–Trinajstić information content (AvgIpc) is 3.14. The minimum atomic E-state index is -0.778. The molecule has 0 saturated carbocycles. The van der Waals surface area contributed by atoms with Gasteiger partial charge in [0.05, 0.1) is 6.54 Å². The quantitative estimate of drug-likeness (QED) is 0.786. The molecule has 22 heavy (non-hydrogen) atoms. The third kappa shape index (κ3) is 2.84. The van der Waals surface area contributed by atoms with Gasteiger partial charge in [0.15, 0.2) is 0 Å². The van der Waals surface area contributed by atoms with Gasteiger partial charge in [0.25, 0.3) is 5.91 Å². The van der Waals surface area contributed by atoms with Crippen molar-refractivity contribution in [2.75, 3.05) is 0 Å². The Bertz CT molecular complexity index is 800. The van der Waals surface area contributed by atoms with Crippen molar-refractivity contribution in [3.05, 3.63) is 47.0 Å². The molecule has 0 radical (unpaired) electrons. The van der Waals surface area contributed by atoms with Crippen LogP contribution in [0.1, 0.15) is 15.5 Å². The second kappa shape index (κ2) is 5.98. The van der Waals surface area contributed by atoms with E-state index in [1.807, 2.05) is 30.3 Å². The zero-order valence-electron chi connectivity index (χ0n) is 11.5.